The molecule has 0 bridgehead atoms. The highest BCUT2D eigenvalue weighted by Gasteiger charge is 2.47. The molecule has 3 nitrogen and oxygen atoms in total. The van der Waals surface area contributed by atoms with Gasteiger partial charge in [0.1, 0.15) is 0 Å². The minimum atomic E-state index is -4.82. The predicted octanol–water partition coefficient (Wildman–Crippen LogP) is 4.32. The highest BCUT2D eigenvalue weighted by molar-refractivity contribution is 6.30. The fraction of sp³-hybridized carbons (Fsp3) is 0.588. The zero-order valence-electron chi connectivity index (χ0n) is 13.8. The van der Waals surface area contributed by atoms with E-state index in [-0.39, 0.29) is 13.1 Å². The van der Waals surface area contributed by atoms with Crippen LogP contribution in [-0.4, -0.2) is 36.7 Å². The first-order valence-electron chi connectivity index (χ1n) is 8.11. The maximum Gasteiger partial charge on any atom is 0.471 e. The van der Waals surface area contributed by atoms with E-state index in [1.807, 2.05) is 32.0 Å². The van der Waals surface area contributed by atoms with Crippen LogP contribution in [0.15, 0.2) is 18.2 Å². The summed E-state index contributed by atoms with van der Waals surface area (Å²) in [7, 11) is 0. The van der Waals surface area contributed by atoms with Crippen LogP contribution in [0.2, 0.25) is 5.02 Å². The standard InChI is InChI=1S/C15H15ClF3NO2.C2H6/c16-11-2-1-10-3-8-22-14(12(10)9-11)4-6-20(7-5-14)13(21)15(17,18)19;1-2/h1-2,9H,3-8H2;1-2H3. The SMILES string of the molecule is CC.O=C(N1CCC2(CC1)OCCc1ccc(Cl)cc12)C(F)(F)F. The zero-order valence-corrected chi connectivity index (χ0v) is 14.5. The highest BCUT2D eigenvalue weighted by atomic mass is 35.5. The Balaban J connectivity index is 0.00000100. The third-order valence-corrected chi connectivity index (χ3v) is 4.65. The van der Waals surface area contributed by atoms with Crippen molar-refractivity contribution in [3.8, 4) is 0 Å². The number of hydrogen-bond donors (Lipinski definition) is 0. The molecule has 1 fully saturated rings. The minimum absolute atomic E-state index is 0.0320. The maximum atomic E-state index is 12.5. The maximum absolute atomic E-state index is 12.5. The summed E-state index contributed by atoms with van der Waals surface area (Å²) >= 11 is 6.05. The van der Waals surface area contributed by atoms with Crippen molar-refractivity contribution in [3.05, 3.63) is 34.3 Å². The molecule has 0 radical (unpaired) electrons. The summed E-state index contributed by atoms with van der Waals surface area (Å²) in [5, 5.41) is 0.581. The number of hydrogen-bond acceptors (Lipinski definition) is 2. The van der Waals surface area contributed by atoms with Gasteiger partial charge >= 0.3 is 12.1 Å². The van der Waals surface area contributed by atoms with E-state index in [1.165, 1.54) is 0 Å². The van der Waals surface area contributed by atoms with Crippen molar-refractivity contribution < 1.29 is 22.7 Å². The topological polar surface area (TPSA) is 29.5 Å². The molecule has 0 aliphatic carbocycles. The average molecular weight is 364 g/mol. The van der Waals surface area contributed by atoms with E-state index in [0.29, 0.717) is 24.5 Å². The molecular formula is C17H21ClF3NO2. The number of alkyl halides is 3. The van der Waals surface area contributed by atoms with E-state index >= 15 is 0 Å². The number of fused-ring (bicyclic) bond motifs is 2. The number of nitrogens with zero attached hydrogens (tertiary/aromatic N) is 1. The normalized spacial score (nSPS) is 19.3. The van der Waals surface area contributed by atoms with Gasteiger partial charge in [0.25, 0.3) is 0 Å². The zero-order chi connectivity index (χ0) is 18.0. The summed E-state index contributed by atoms with van der Waals surface area (Å²) in [6.07, 6.45) is -3.36. The third kappa shape index (κ3) is 3.70. The molecular weight excluding hydrogens is 343 g/mol. The van der Waals surface area contributed by atoms with Gasteiger partial charge in [-0.1, -0.05) is 31.5 Å². The molecule has 0 N–H and O–H groups in total. The quantitative estimate of drug-likeness (QED) is 0.687. The number of piperidine rings is 1. The number of ether oxygens (including phenoxy) is 1. The molecule has 0 unspecified atom stereocenters. The Morgan fingerprint density at radius 1 is 1.25 bits per heavy atom. The molecule has 7 heteroatoms. The molecule has 134 valence electrons. The molecule has 1 spiro atoms. The predicted molar refractivity (Wildman–Crippen MR) is 86.0 cm³/mol. The molecule has 2 heterocycles. The largest absolute Gasteiger partial charge is 0.471 e. The van der Waals surface area contributed by atoms with Gasteiger partial charge in [0.2, 0.25) is 0 Å². The van der Waals surface area contributed by atoms with E-state index in [0.717, 1.165) is 22.4 Å². The molecule has 24 heavy (non-hydrogen) atoms. The number of amides is 1. The van der Waals surface area contributed by atoms with Crippen LogP contribution in [0.25, 0.3) is 0 Å². The molecule has 1 aromatic carbocycles. The van der Waals surface area contributed by atoms with Crippen LogP contribution in [-0.2, 0) is 21.6 Å². The summed E-state index contributed by atoms with van der Waals surface area (Å²) in [4.78, 5) is 12.2. The lowest BCUT2D eigenvalue weighted by atomic mass is 9.79. The van der Waals surface area contributed by atoms with Gasteiger partial charge in [-0.25, -0.2) is 0 Å². The van der Waals surface area contributed by atoms with Gasteiger partial charge in [-0.05, 0) is 42.5 Å². The van der Waals surface area contributed by atoms with Crippen molar-refractivity contribution in [3.63, 3.8) is 0 Å². The molecule has 2 aliphatic rings. The van der Waals surface area contributed by atoms with Crippen molar-refractivity contribution in [1.82, 2.24) is 4.90 Å². The van der Waals surface area contributed by atoms with Crippen molar-refractivity contribution in [2.45, 2.75) is 44.9 Å². The first kappa shape index (κ1) is 19.1. The van der Waals surface area contributed by atoms with Crippen LogP contribution in [0.4, 0.5) is 13.2 Å². The monoisotopic (exact) mass is 363 g/mol. The second-order valence-electron chi connectivity index (χ2n) is 5.68. The van der Waals surface area contributed by atoms with E-state index < -0.39 is 17.7 Å². The molecule has 0 atom stereocenters. The van der Waals surface area contributed by atoms with Gasteiger partial charge in [0.15, 0.2) is 0 Å². The van der Waals surface area contributed by atoms with Crippen LogP contribution >= 0.6 is 11.6 Å². The lowest BCUT2D eigenvalue weighted by Gasteiger charge is -2.45. The summed E-state index contributed by atoms with van der Waals surface area (Å²) in [5.74, 6) is -1.77. The van der Waals surface area contributed by atoms with E-state index in [9.17, 15) is 18.0 Å². The van der Waals surface area contributed by atoms with Crippen LogP contribution in [0, 0.1) is 0 Å². The minimum Gasteiger partial charge on any atom is -0.370 e. The van der Waals surface area contributed by atoms with Crippen LogP contribution < -0.4 is 0 Å². The van der Waals surface area contributed by atoms with Crippen molar-refractivity contribution in [1.29, 1.82) is 0 Å². The van der Waals surface area contributed by atoms with Crippen molar-refractivity contribution >= 4 is 17.5 Å². The smallest absolute Gasteiger partial charge is 0.370 e. The third-order valence-electron chi connectivity index (χ3n) is 4.41. The Morgan fingerprint density at radius 3 is 2.46 bits per heavy atom. The van der Waals surface area contributed by atoms with Crippen LogP contribution in [0.1, 0.15) is 37.8 Å². The van der Waals surface area contributed by atoms with Gasteiger partial charge in [0.05, 0.1) is 12.2 Å². The number of carbonyl (C=O) groups is 1. The van der Waals surface area contributed by atoms with Gasteiger partial charge in [-0.2, -0.15) is 13.2 Å². The Bertz CT molecular complexity index is 596. The summed E-state index contributed by atoms with van der Waals surface area (Å²) in [5.41, 5.74) is 1.44. The lowest BCUT2D eigenvalue weighted by Crippen LogP contribution is -2.51. The molecule has 1 amide bonds. The lowest BCUT2D eigenvalue weighted by molar-refractivity contribution is -0.190. The Morgan fingerprint density at radius 2 is 1.88 bits per heavy atom. The summed E-state index contributed by atoms with van der Waals surface area (Å²) < 4.78 is 43.5. The number of rotatable bonds is 0. The van der Waals surface area contributed by atoms with Crippen LogP contribution in [0.5, 0.6) is 0 Å². The number of benzene rings is 1. The highest BCUT2D eigenvalue weighted by Crippen LogP contribution is 2.42. The summed E-state index contributed by atoms with van der Waals surface area (Å²) in [6.45, 7) is 4.59. The first-order chi connectivity index (χ1) is 11.3. The first-order valence-corrected chi connectivity index (χ1v) is 8.49. The van der Waals surface area contributed by atoms with E-state index in [2.05, 4.69) is 0 Å². The summed E-state index contributed by atoms with van der Waals surface area (Å²) in [6, 6.07) is 5.58. The molecule has 2 aliphatic heterocycles. The second kappa shape index (κ2) is 7.31. The number of carbonyl (C=O) groups excluding carboxylic acids is 1. The molecule has 1 aromatic rings. The van der Waals surface area contributed by atoms with Crippen molar-refractivity contribution in [2.75, 3.05) is 19.7 Å². The Kier molecular flexibility index (Phi) is 5.81. The average Bonchev–Trinajstić information content (AvgIpc) is 2.57. The van der Waals surface area contributed by atoms with Gasteiger partial charge < -0.3 is 9.64 Å². The van der Waals surface area contributed by atoms with E-state index in [4.69, 9.17) is 16.3 Å². The van der Waals surface area contributed by atoms with E-state index in [1.54, 1.807) is 0 Å². The fourth-order valence-corrected chi connectivity index (χ4v) is 3.46. The second-order valence-corrected chi connectivity index (χ2v) is 6.12. The van der Waals surface area contributed by atoms with Gasteiger partial charge in [-0.3, -0.25) is 4.79 Å². The van der Waals surface area contributed by atoms with Crippen molar-refractivity contribution in [2.24, 2.45) is 0 Å². The fourth-order valence-electron chi connectivity index (χ4n) is 3.29. The molecule has 0 aromatic heterocycles. The molecule has 1 saturated heterocycles. The Labute approximate surface area is 144 Å². The Hall–Kier alpha value is -1.27. The molecule has 3 rings (SSSR count). The van der Waals surface area contributed by atoms with Gasteiger partial charge in [0, 0.05) is 18.1 Å². The van der Waals surface area contributed by atoms with Crippen LogP contribution in [0.3, 0.4) is 0 Å². The van der Waals surface area contributed by atoms with Gasteiger partial charge in [-0.15, -0.1) is 0 Å². The molecule has 0 saturated carbocycles. The number of halogens is 4. The number of likely N-dealkylation sites (tertiary alicyclic amines) is 1.